The van der Waals surface area contributed by atoms with Crippen molar-refractivity contribution in [1.82, 2.24) is 10.4 Å². The molecule has 0 unspecified atom stereocenters. The van der Waals surface area contributed by atoms with Crippen LogP contribution in [0.3, 0.4) is 0 Å². The molecular weight excluding hydrogens is 302 g/mol. The highest BCUT2D eigenvalue weighted by Crippen LogP contribution is 2.12. The summed E-state index contributed by atoms with van der Waals surface area (Å²) in [6, 6.07) is 10.5. The van der Waals surface area contributed by atoms with Crippen LogP contribution in [0.4, 0.5) is 0 Å². The molecule has 1 amide bonds. The Morgan fingerprint density at radius 1 is 1.36 bits per heavy atom. The quantitative estimate of drug-likeness (QED) is 0.385. The highest BCUT2D eigenvalue weighted by atomic mass is 35.5. The number of aromatic nitrogens is 1. The molecule has 0 aliphatic heterocycles. The molecule has 0 spiro atoms. The average molecular weight is 316 g/mol. The van der Waals surface area contributed by atoms with Crippen molar-refractivity contribution < 1.29 is 9.53 Å². The second-order valence-corrected chi connectivity index (χ2v) is 4.57. The molecule has 1 aromatic carbocycles. The topological polar surface area (TPSA) is 63.6 Å². The van der Waals surface area contributed by atoms with Crippen LogP contribution < -0.4 is 10.2 Å². The summed E-state index contributed by atoms with van der Waals surface area (Å²) >= 11 is 5.83. The fraction of sp³-hybridized carbons (Fsp3) is 0.0625. The van der Waals surface area contributed by atoms with Gasteiger partial charge < -0.3 is 4.74 Å². The second kappa shape index (κ2) is 7.95. The number of carbonyl (C=O) groups is 1. The first-order valence-corrected chi connectivity index (χ1v) is 6.86. The molecule has 0 bridgehead atoms. The number of hydrogen-bond donors (Lipinski definition) is 1. The lowest BCUT2D eigenvalue weighted by Gasteiger charge is -2.03. The number of nitrogens with one attached hydrogen (secondary N) is 1. The van der Waals surface area contributed by atoms with E-state index in [1.54, 1.807) is 18.2 Å². The zero-order valence-corrected chi connectivity index (χ0v) is 12.5. The molecule has 0 radical (unpaired) electrons. The summed E-state index contributed by atoms with van der Waals surface area (Å²) in [5, 5.41) is 4.02. The summed E-state index contributed by atoms with van der Waals surface area (Å²) in [5.74, 6) is 0.323. The molecule has 22 heavy (non-hydrogen) atoms. The van der Waals surface area contributed by atoms with Gasteiger partial charge in [-0.1, -0.05) is 24.3 Å². The molecule has 1 aromatic heterocycles. The van der Waals surface area contributed by atoms with E-state index in [0.29, 0.717) is 6.61 Å². The maximum absolute atomic E-state index is 11.8. The van der Waals surface area contributed by atoms with Gasteiger partial charge in [-0.05, 0) is 42.0 Å². The Bertz CT molecular complexity index is 684. The molecule has 2 aromatic rings. The summed E-state index contributed by atoms with van der Waals surface area (Å²) in [4.78, 5) is 15.7. The van der Waals surface area contributed by atoms with E-state index in [4.69, 9.17) is 16.3 Å². The van der Waals surface area contributed by atoms with Gasteiger partial charge in [0.15, 0.2) is 0 Å². The maximum Gasteiger partial charge on any atom is 0.274 e. The molecule has 112 valence electrons. The second-order valence-electron chi connectivity index (χ2n) is 4.21. The van der Waals surface area contributed by atoms with Crippen LogP contribution in [-0.4, -0.2) is 23.7 Å². The van der Waals surface area contributed by atoms with Crippen molar-refractivity contribution >= 4 is 23.7 Å². The first-order valence-electron chi connectivity index (χ1n) is 6.48. The van der Waals surface area contributed by atoms with Crippen molar-refractivity contribution in [3.05, 3.63) is 71.5 Å². The van der Waals surface area contributed by atoms with Crippen molar-refractivity contribution in [2.75, 3.05) is 6.61 Å². The van der Waals surface area contributed by atoms with Gasteiger partial charge in [0.2, 0.25) is 0 Å². The van der Waals surface area contributed by atoms with Crippen LogP contribution >= 0.6 is 11.6 Å². The van der Waals surface area contributed by atoms with Gasteiger partial charge in [-0.15, -0.1) is 0 Å². The Balaban J connectivity index is 1.93. The normalized spacial score (nSPS) is 10.4. The predicted molar refractivity (Wildman–Crippen MR) is 86.4 cm³/mol. The Morgan fingerprint density at radius 3 is 2.82 bits per heavy atom. The number of benzene rings is 1. The molecule has 6 heteroatoms. The predicted octanol–water partition coefficient (Wildman–Crippen LogP) is 3.06. The number of pyridine rings is 1. The molecule has 0 aliphatic rings. The van der Waals surface area contributed by atoms with Gasteiger partial charge in [0.25, 0.3) is 5.91 Å². The highest BCUT2D eigenvalue weighted by Gasteiger charge is 2.08. The zero-order valence-electron chi connectivity index (χ0n) is 11.7. The first-order chi connectivity index (χ1) is 10.7. The minimum absolute atomic E-state index is 0.138. The van der Waals surface area contributed by atoms with Crippen LogP contribution in [0.25, 0.3) is 0 Å². The largest absolute Gasteiger partial charge is 0.490 e. The third kappa shape index (κ3) is 4.43. The van der Waals surface area contributed by atoms with Gasteiger partial charge in [0, 0.05) is 6.20 Å². The molecule has 0 fully saturated rings. The van der Waals surface area contributed by atoms with Crippen LogP contribution in [0, 0.1) is 0 Å². The fourth-order valence-corrected chi connectivity index (χ4v) is 1.79. The van der Waals surface area contributed by atoms with E-state index in [0.717, 1.165) is 11.3 Å². The molecule has 5 nitrogen and oxygen atoms in total. The van der Waals surface area contributed by atoms with Crippen LogP contribution in [0.5, 0.6) is 5.75 Å². The fourth-order valence-electron chi connectivity index (χ4n) is 1.59. The number of ether oxygens (including phenoxy) is 1. The van der Waals surface area contributed by atoms with E-state index >= 15 is 0 Å². The number of halogens is 1. The van der Waals surface area contributed by atoms with Crippen LogP contribution in [0.1, 0.15) is 15.9 Å². The van der Waals surface area contributed by atoms with Crippen molar-refractivity contribution in [2.45, 2.75) is 0 Å². The lowest BCUT2D eigenvalue weighted by Crippen LogP contribution is -2.18. The van der Waals surface area contributed by atoms with E-state index in [1.807, 2.05) is 24.3 Å². The number of hydrazone groups is 1. The molecule has 1 heterocycles. The number of carbonyl (C=O) groups excluding carboxylic acids is 1. The molecule has 2 rings (SSSR count). The van der Waals surface area contributed by atoms with Gasteiger partial charge in [-0.3, -0.25) is 4.79 Å². The third-order valence-electron chi connectivity index (χ3n) is 2.63. The average Bonchev–Trinajstić information content (AvgIpc) is 2.54. The lowest BCUT2D eigenvalue weighted by atomic mass is 10.2. The smallest absolute Gasteiger partial charge is 0.274 e. The lowest BCUT2D eigenvalue weighted by molar-refractivity contribution is 0.0955. The molecule has 0 saturated heterocycles. The summed E-state index contributed by atoms with van der Waals surface area (Å²) < 4.78 is 5.37. The van der Waals surface area contributed by atoms with Gasteiger partial charge in [0.1, 0.15) is 17.5 Å². The Kier molecular flexibility index (Phi) is 5.68. The minimum Gasteiger partial charge on any atom is -0.490 e. The standard InChI is InChI=1S/C16H14ClN3O2/c1-2-10-22-13-7-5-12(6-8-13)11-19-20-16(21)14-4-3-9-18-15(14)17/h2-9,11H,1,10H2,(H,20,21). The van der Waals surface area contributed by atoms with Crippen molar-refractivity contribution in [3.63, 3.8) is 0 Å². The molecule has 0 atom stereocenters. The SMILES string of the molecule is C=CCOc1ccc(C=NNC(=O)c2cccnc2Cl)cc1. The Hall–Kier alpha value is -2.66. The minimum atomic E-state index is -0.416. The number of rotatable bonds is 6. The first kappa shape index (κ1) is 15.7. The Morgan fingerprint density at radius 2 is 2.14 bits per heavy atom. The van der Waals surface area contributed by atoms with Crippen molar-refractivity contribution in [2.24, 2.45) is 5.10 Å². The molecular formula is C16H14ClN3O2. The summed E-state index contributed by atoms with van der Waals surface area (Å²) in [6.45, 7) is 4.03. The van der Waals surface area contributed by atoms with Gasteiger partial charge in [-0.25, -0.2) is 10.4 Å². The van der Waals surface area contributed by atoms with E-state index in [2.05, 4.69) is 22.1 Å². The van der Waals surface area contributed by atoms with Crippen LogP contribution in [0.2, 0.25) is 5.15 Å². The molecule has 0 aliphatic carbocycles. The van der Waals surface area contributed by atoms with Gasteiger partial charge in [-0.2, -0.15) is 5.10 Å². The van der Waals surface area contributed by atoms with E-state index in [9.17, 15) is 4.79 Å². The Labute approximate surface area is 133 Å². The highest BCUT2D eigenvalue weighted by molar-refractivity contribution is 6.32. The summed E-state index contributed by atoms with van der Waals surface area (Å²) in [6.07, 6.45) is 4.71. The molecule has 0 saturated carbocycles. The summed E-state index contributed by atoms with van der Waals surface area (Å²) in [5.41, 5.74) is 3.49. The molecule has 1 N–H and O–H groups in total. The van der Waals surface area contributed by atoms with Crippen LogP contribution in [0.15, 0.2) is 60.4 Å². The number of hydrogen-bond acceptors (Lipinski definition) is 4. The van der Waals surface area contributed by atoms with E-state index in [-0.39, 0.29) is 10.7 Å². The maximum atomic E-state index is 11.8. The number of nitrogens with zero attached hydrogens (tertiary/aromatic N) is 2. The van der Waals surface area contributed by atoms with Gasteiger partial charge >= 0.3 is 0 Å². The third-order valence-corrected chi connectivity index (χ3v) is 2.93. The van der Waals surface area contributed by atoms with E-state index in [1.165, 1.54) is 12.4 Å². The van der Waals surface area contributed by atoms with Crippen molar-refractivity contribution in [3.8, 4) is 5.75 Å². The zero-order chi connectivity index (χ0) is 15.8. The van der Waals surface area contributed by atoms with Crippen molar-refractivity contribution in [1.29, 1.82) is 0 Å². The van der Waals surface area contributed by atoms with Crippen LogP contribution in [-0.2, 0) is 0 Å². The number of amides is 1. The summed E-state index contributed by atoms with van der Waals surface area (Å²) in [7, 11) is 0. The monoisotopic (exact) mass is 315 g/mol. The van der Waals surface area contributed by atoms with E-state index < -0.39 is 5.91 Å². The van der Waals surface area contributed by atoms with Gasteiger partial charge in [0.05, 0.1) is 11.8 Å².